The van der Waals surface area contributed by atoms with Gasteiger partial charge in [-0.25, -0.2) is 0 Å². The topological polar surface area (TPSA) is 14.8 Å². The second-order valence-corrected chi connectivity index (χ2v) is 15.8. The Morgan fingerprint density at radius 1 is 0.309 bits per heavy atom. The number of nitrogens with zero attached hydrogens (tertiary/aromatic N) is 3. The lowest BCUT2D eigenvalue weighted by Gasteiger charge is -2.19. The molecule has 0 aliphatic rings. The maximum Gasteiger partial charge on any atom is 0.0788 e. The smallest absolute Gasteiger partial charge is 0.0788 e. The van der Waals surface area contributed by atoms with Gasteiger partial charge in [0.1, 0.15) is 0 Å². The van der Waals surface area contributed by atoms with E-state index in [2.05, 4.69) is 216 Å². The number of fused-ring (bicyclic) bond motifs is 10. The Kier molecular flexibility index (Phi) is 6.81. The molecule has 0 unspecified atom stereocenters. The van der Waals surface area contributed by atoms with Crippen LogP contribution in [0, 0.1) is 0 Å². The Labute approximate surface area is 319 Å². The van der Waals surface area contributed by atoms with Crippen LogP contribution < -0.4 is 0 Å². The minimum Gasteiger partial charge on any atom is -0.309 e. The molecule has 55 heavy (non-hydrogen) atoms. The van der Waals surface area contributed by atoms with E-state index in [1.807, 2.05) is 0 Å². The second kappa shape index (κ2) is 11.8. The van der Waals surface area contributed by atoms with Crippen LogP contribution in [0.4, 0.5) is 0 Å². The van der Waals surface area contributed by atoms with Crippen LogP contribution in [0.15, 0.2) is 182 Å². The summed E-state index contributed by atoms with van der Waals surface area (Å²) in [6.07, 6.45) is 0. The van der Waals surface area contributed by atoms with Gasteiger partial charge in [0.25, 0.3) is 0 Å². The van der Waals surface area contributed by atoms with Gasteiger partial charge in [-0.1, -0.05) is 142 Å². The number of hydrogen-bond donors (Lipinski definition) is 0. The van der Waals surface area contributed by atoms with Crippen LogP contribution >= 0.6 is 0 Å². The molecule has 0 aliphatic carbocycles. The number of aromatic nitrogens is 3. The zero-order chi connectivity index (χ0) is 36.8. The summed E-state index contributed by atoms with van der Waals surface area (Å²) in [6, 6.07) is 67.0. The average Bonchev–Trinajstić information content (AvgIpc) is 3.86. The maximum atomic E-state index is 2.50. The van der Waals surface area contributed by atoms with Crippen LogP contribution in [0.2, 0.25) is 0 Å². The Hall–Kier alpha value is -6.84. The summed E-state index contributed by atoms with van der Waals surface area (Å²) in [4.78, 5) is 0. The van der Waals surface area contributed by atoms with Crippen molar-refractivity contribution in [2.75, 3.05) is 0 Å². The number of para-hydroxylation sites is 4. The largest absolute Gasteiger partial charge is 0.309 e. The van der Waals surface area contributed by atoms with Crippen LogP contribution in [-0.4, -0.2) is 13.7 Å². The van der Waals surface area contributed by atoms with E-state index in [-0.39, 0.29) is 5.41 Å². The third-order valence-corrected chi connectivity index (χ3v) is 11.6. The molecule has 3 heterocycles. The fourth-order valence-corrected chi connectivity index (χ4v) is 8.96. The van der Waals surface area contributed by atoms with Gasteiger partial charge in [0.05, 0.1) is 33.1 Å². The first-order valence-electron chi connectivity index (χ1n) is 19.2. The summed E-state index contributed by atoms with van der Waals surface area (Å²) in [7, 11) is 0. The Morgan fingerprint density at radius 3 is 1.29 bits per heavy atom. The first kappa shape index (κ1) is 31.7. The normalized spacial score (nSPS) is 12.3. The fourth-order valence-electron chi connectivity index (χ4n) is 8.96. The summed E-state index contributed by atoms with van der Waals surface area (Å²) in [5.41, 5.74) is 14.6. The SMILES string of the molecule is CC(C)(C)c1ccc(-c2ccc(-n3c4ccccc4c4cc(-n5c6ccccc6c6ccc7c8ccccc8n(-c8ccccc8)c7c65)ccc43)cc2)cc1. The van der Waals surface area contributed by atoms with Gasteiger partial charge in [0.15, 0.2) is 0 Å². The standard InChI is InChI=1S/C52H39N3/c1-52(2,3)36-25-21-34(22-26-36)35-23-27-38(28-24-35)53-46-18-10-9-17-42(46)45-33-39(29-32-49(45)53)55-48-20-12-8-16-41(48)44-31-30-43-40-15-7-11-19-47(40)54(50(43)51(44)55)37-13-5-4-6-14-37/h4-33H,1-3H3. The first-order chi connectivity index (χ1) is 26.9. The summed E-state index contributed by atoms with van der Waals surface area (Å²) < 4.78 is 7.37. The molecule has 0 radical (unpaired) electrons. The summed E-state index contributed by atoms with van der Waals surface area (Å²) in [6.45, 7) is 6.79. The third-order valence-electron chi connectivity index (χ3n) is 11.6. The molecule has 0 atom stereocenters. The van der Waals surface area contributed by atoms with Crippen LogP contribution in [0.1, 0.15) is 26.3 Å². The van der Waals surface area contributed by atoms with Crippen LogP contribution in [0.3, 0.4) is 0 Å². The van der Waals surface area contributed by atoms with Gasteiger partial charge in [-0.15, -0.1) is 0 Å². The molecule has 0 N–H and O–H groups in total. The van der Waals surface area contributed by atoms with Gasteiger partial charge in [-0.3, -0.25) is 0 Å². The average molecular weight is 706 g/mol. The van der Waals surface area contributed by atoms with Crippen molar-refractivity contribution in [3.63, 3.8) is 0 Å². The minimum absolute atomic E-state index is 0.134. The molecule has 11 rings (SSSR count). The Morgan fingerprint density at radius 2 is 0.727 bits per heavy atom. The maximum absolute atomic E-state index is 2.50. The zero-order valence-corrected chi connectivity index (χ0v) is 31.2. The quantitative estimate of drug-likeness (QED) is 0.173. The fraction of sp³-hybridized carbons (Fsp3) is 0.0769. The van der Waals surface area contributed by atoms with Gasteiger partial charge in [0.2, 0.25) is 0 Å². The number of benzene rings is 8. The van der Waals surface area contributed by atoms with Crippen LogP contribution in [0.25, 0.3) is 93.6 Å². The molecule has 0 fully saturated rings. The van der Waals surface area contributed by atoms with Crippen molar-refractivity contribution in [3.8, 4) is 28.2 Å². The van der Waals surface area contributed by atoms with E-state index in [4.69, 9.17) is 0 Å². The van der Waals surface area contributed by atoms with Crippen molar-refractivity contribution < 1.29 is 0 Å². The van der Waals surface area contributed by atoms with Crippen molar-refractivity contribution in [2.24, 2.45) is 0 Å². The Balaban J connectivity index is 1.14. The lowest BCUT2D eigenvalue weighted by atomic mass is 9.86. The molecule has 3 aromatic heterocycles. The lowest BCUT2D eigenvalue weighted by Crippen LogP contribution is -2.10. The van der Waals surface area contributed by atoms with Crippen LogP contribution in [-0.2, 0) is 5.41 Å². The van der Waals surface area contributed by atoms with E-state index >= 15 is 0 Å². The van der Waals surface area contributed by atoms with E-state index in [0.717, 1.165) is 17.1 Å². The molecule has 0 saturated heterocycles. The number of hydrogen-bond acceptors (Lipinski definition) is 0. The summed E-state index contributed by atoms with van der Waals surface area (Å²) in [5, 5.41) is 7.48. The number of rotatable bonds is 4. The molecule has 3 heteroatoms. The van der Waals surface area contributed by atoms with Gasteiger partial charge < -0.3 is 13.7 Å². The van der Waals surface area contributed by atoms with Gasteiger partial charge in [-0.2, -0.15) is 0 Å². The third kappa shape index (κ3) is 4.76. The molecular weight excluding hydrogens is 667 g/mol. The molecule has 0 aliphatic heterocycles. The highest BCUT2D eigenvalue weighted by molar-refractivity contribution is 6.24. The zero-order valence-electron chi connectivity index (χ0n) is 31.2. The van der Waals surface area contributed by atoms with Crippen LogP contribution in [0.5, 0.6) is 0 Å². The predicted molar refractivity (Wildman–Crippen MR) is 234 cm³/mol. The van der Waals surface area contributed by atoms with Crippen molar-refractivity contribution in [1.82, 2.24) is 13.7 Å². The second-order valence-electron chi connectivity index (χ2n) is 15.8. The van der Waals surface area contributed by atoms with Crippen molar-refractivity contribution in [3.05, 3.63) is 188 Å². The summed E-state index contributed by atoms with van der Waals surface area (Å²) >= 11 is 0. The van der Waals surface area contributed by atoms with E-state index in [0.29, 0.717) is 0 Å². The molecule has 262 valence electrons. The molecule has 0 amide bonds. The van der Waals surface area contributed by atoms with Gasteiger partial charge >= 0.3 is 0 Å². The van der Waals surface area contributed by atoms with E-state index in [1.165, 1.54) is 82.1 Å². The molecular formula is C52H39N3. The van der Waals surface area contributed by atoms with E-state index < -0.39 is 0 Å². The molecule has 3 nitrogen and oxygen atoms in total. The minimum atomic E-state index is 0.134. The molecule has 0 spiro atoms. The highest BCUT2D eigenvalue weighted by Gasteiger charge is 2.22. The van der Waals surface area contributed by atoms with E-state index in [9.17, 15) is 0 Å². The predicted octanol–water partition coefficient (Wildman–Crippen LogP) is 13.9. The monoisotopic (exact) mass is 705 g/mol. The van der Waals surface area contributed by atoms with Gasteiger partial charge in [0, 0.05) is 49.4 Å². The highest BCUT2D eigenvalue weighted by atomic mass is 15.0. The van der Waals surface area contributed by atoms with Crippen molar-refractivity contribution in [1.29, 1.82) is 0 Å². The Bertz CT molecular complexity index is 3260. The lowest BCUT2D eigenvalue weighted by molar-refractivity contribution is 0.590. The molecule has 11 aromatic rings. The van der Waals surface area contributed by atoms with E-state index in [1.54, 1.807) is 0 Å². The highest BCUT2D eigenvalue weighted by Crippen LogP contribution is 2.43. The van der Waals surface area contributed by atoms with Crippen molar-refractivity contribution in [2.45, 2.75) is 26.2 Å². The molecule has 0 saturated carbocycles. The molecule has 8 aromatic carbocycles. The summed E-state index contributed by atoms with van der Waals surface area (Å²) in [5.74, 6) is 0. The molecule has 0 bridgehead atoms. The van der Waals surface area contributed by atoms with Gasteiger partial charge in [-0.05, 0) is 82.8 Å². The van der Waals surface area contributed by atoms with Crippen molar-refractivity contribution >= 4 is 65.4 Å². The first-order valence-corrected chi connectivity index (χ1v) is 19.2.